The summed E-state index contributed by atoms with van der Waals surface area (Å²) in [6.45, 7) is 3.23. The van der Waals surface area contributed by atoms with E-state index in [0.29, 0.717) is 24.2 Å². The lowest BCUT2D eigenvalue weighted by atomic mass is 9.93. The minimum absolute atomic E-state index is 0.202. The first-order chi connectivity index (χ1) is 15.0. The van der Waals surface area contributed by atoms with Gasteiger partial charge < -0.3 is 4.74 Å². The summed E-state index contributed by atoms with van der Waals surface area (Å²) in [6.07, 6.45) is 2.02. The molecule has 4 rings (SSSR count). The Balaban J connectivity index is 1.64. The van der Waals surface area contributed by atoms with Gasteiger partial charge >= 0.3 is 5.69 Å². The Hall–Kier alpha value is -2.84. The second kappa shape index (κ2) is 9.11. The van der Waals surface area contributed by atoms with Gasteiger partial charge in [0.05, 0.1) is 18.5 Å². The zero-order valence-electron chi connectivity index (χ0n) is 17.9. The van der Waals surface area contributed by atoms with Crippen molar-refractivity contribution in [3.8, 4) is 0 Å². The molecule has 1 atom stereocenters. The highest BCUT2D eigenvalue weighted by atomic mass is 19.1. The van der Waals surface area contributed by atoms with Crippen LogP contribution in [0.25, 0.3) is 11.0 Å². The van der Waals surface area contributed by atoms with Crippen LogP contribution in [0.1, 0.15) is 30.0 Å². The van der Waals surface area contributed by atoms with Crippen LogP contribution in [-0.4, -0.2) is 45.8 Å². The normalized spacial score (nSPS) is 17.3. The maximum atomic E-state index is 13.2. The number of piperidine rings is 1. The highest BCUT2D eigenvalue weighted by Gasteiger charge is 2.24. The van der Waals surface area contributed by atoms with Gasteiger partial charge in [-0.3, -0.25) is 18.8 Å². The molecule has 31 heavy (non-hydrogen) atoms. The number of hydrogen-bond acceptors (Lipinski definition) is 5. The number of methoxy groups -OCH3 is 1. The van der Waals surface area contributed by atoms with E-state index in [1.54, 1.807) is 13.2 Å². The van der Waals surface area contributed by atoms with Crippen molar-refractivity contribution >= 4 is 11.0 Å². The molecule has 1 aliphatic rings. The highest BCUT2D eigenvalue weighted by Crippen LogP contribution is 2.27. The summed E-state index contributed by atoms with van der Waals surface area (Å²) in [5.41, 5.74) is 1.65. The predicted molar refractivity (Wildman–Crippen MR) is 117 cm³/mol. The Kier molecular flexibility index (Phi) is 6.29. The summed E-state index contributed by atoms with van der Waals surface area (Å²) in [5, 5.41) is 0.431. The molecule has 1 aliphatic heterocycles. The lowest BCUT2D eigenvalue weighted by Crippen LogP contribution is -2.39. The van der Waals surface area contributed by atoms with E-state index in [4.69, 9.17) is 9.72 Å². The van der Waals surface area contributed by atoms with Gasteiger partial charge in [0.2, 0.25) is 0 Å². The number of aromatic nitrogens is 3. The molecule has 3 aromatic rings. The number of hydrogen-bond donors (Lipinski definition) is 0. The van der Waals surface area contributed by atoms with E-state index in [2.05, 4.69) is 4.90 Å². The molecule has 0 N–H and O–H groups in total. The number of fused-ring (bicyclic) bond motifs is 1. The van der Waals surface area contributed by atoms with Crippen LogP contribution in [0.5, 0.6) is 0 Å². The van der Waals surface area contributed by atoms with Crippen LogP contribution in [0.2, 0.25) is 0 Å². The van der Waals surface area contributed by atoms with Crippen LogP contribution in [0.3, 0.4) is 0 Å². The lowest BCUT2D eigenvalue weighted by Gasteiger charge is -2.32. The Morgan fingerprint density at radius 2 is 1.94 bits per heavy atom. The second-order valence-electron chi connectivity index (χ2n) is 8.10. The maximum absolute atomic E-state index is 13.2. The molecule has 1 aromatic carbocycles. The van der Waals surface area contributed by atoms with Crippen molar-refractivity contribution < 1.29 is 9.13 Å². The molecular weight excluding hydrogens is 399 g/mol. The summed E-state index contributed by atoms with van der Waals surface area (Å²) in [7, 11) is 3.06. The molecule has 2 aromatic heterocycles. The van der Waals surface area contributed by atoms with Gasteiger partial charge in [0.25, 0.3) is 5.56 Å². The number of ether oxygens (including phenoxy) is 1. The van der Waals surface area contributed by atoms with Crippen molar-refractivity contribution in [2.75, 3.05) is 26.8 Å². The van der Waals surface area contributed by atoms with Crippen LogP contribution in [0, 0.1) is 5.82 Å². The van der Waals surface area contributed by atoms with Crippen molar-refractivity contribution in [3.05, 3.63) is 74.3 Å². The van der Waals surface area contributed by atoms with Gasteiger partial charge in [0.1, 0.15) is 11.5 Å². The zero-order chi connectivity index (χ0) is 22.0. The molecule has 0 radical (unpaired) electrons. The SMILES string of the molecule is COCCn1c(=O)n(C)c(=O)c2ccc(C3CCCN(Cc4ccc(F)cc4)C3)nc21. The first kappa shape index (κ1) is 21.4. The molecule has 1 unspecified atom stereocenters. The number of benzene rings is 1. The maximum Gasteiger partial charge on any atom is 0.332 e. The van der Waals surface area contributed by atoms with Crippen LogP contribution in [0.15, 0.2) is 46.0 Å². The van der Waals surface area contributed by atoms with Crippen LogP contribution < -0.4 is 11.2 Å². The van der Waals surface area contributed by atoms with E-state index < -0.39 is 0 Å². The smallest absolute Gasteiger partial charge is 0.332 e. The van der Waals surface area contributed by atoms with Gasteiger partial charge in [-0.1, -0.05) is 12.1 Å². The molecule has 0 amide bonds. The Morgan fingerprint density at radius 1 is 1.16 bits per heavy atom. The third-order valence-corrected chi connectivity index (χ3v) is 5.97. The molecular formula is C23H27FN4O3. The number of pyridine rings is 1. The molecule has 0 spiro atoms. The fourth-order valence-electron chi connectivity index (χ4n) is 4.27. The van der Waals surface area contributed by atoms with Crippen molar-refractivity contribution in [1.29, 1.82) is 0 Å². The number of halogens is 1. The quantitative estimate of drug-likeness (QED) is 0.605. The van der Waals surface area contributed by atoms with Gasteiger partial charge in [-0.05, 0) is 49.2 Å². The summed E-state index contributed by atoms with van der Waals surface area (Å²) in [6, 6.07) is 10.3. The summed E-state index contributed by atoms with van der Waals surface area (Å²) >= 11 is 0. The summed E-state index contributed by atoms with van der Waals surface area (Å²) in [5.74, 6) is -0.0278. The molecule has 164 valence electrons. The fourth-order valence-corrected chi connectivity index (χ4v) is 4.27. The summed E-state index contributed by atoms with van der Waals surface area (Å²) in [4.78, 5) is 32.4. The Bertz CT molecular complexity index is 1190. The molecule has 1 saturated heterocycles. The molecule has 0 bridgehead atoms. The van der Waals surface area contributed by atoms with E-state index >= 15 is 0 Å². The standard InChI is InChI=1S/C23H27FN4O3/c1-26-22(29)19-9-10-20(25-21(19)28(23(26)30)12-13-31-2)17-4-3-11-27(15-17)14-16-5-7-18(24)8-6-16/h5-10,17H,3-4,11-15H2,1-2H3. The third-order valence-electron chi connectivity index (χ3n) is 5.97. The topological polar surface area (TPSA) is 69.4 Å². The van der Waals surface area contributed by atoms with E-state index in [1.165, 1.54) is 23.7 Å². The van der Waals surface area contributed by atoms with Gasteiger partial charge in [-0.15, -0.1) is 0 Å². The number of rotatable bonds is 6. The monoisotopic (exact) mass is 426 g/mol. The number of likely N-dealkylation sites (tertiary alicyclic amines) is 1. The van der Waals surface area contributed by atoms with Crippen molar-refractivity contribution in [2.45, 2.75) is 31.8 Å². The van der Waals surface area contributed by atoms with Gasteiger partial charge in [-0.25, -0.2) is 14.2 Å². The Labute approximate surface area is 179 Å². The van der Waals surface area contributed by atoms with Gasteiger partial charge in [-0.2, -0.15) is 0 Å². The van der Waals surface area contributed by atoms with E-state index in [0.717, 1.165) is 48.3 Å². The van der Waals surface area contributed by atoms with E-state index in [1.807, 2.05) is 18.2 Å². The fraction of sp³-hybridized carbons (Fsp3) is 0.435. The van der Waals surface area contributed by atoms with E-state index in [9.17, 15) is 14.0 Å². The van der Waals surface area contributed by atoms with Crippen LogP contribution in [0.4, 0.5) is 4.39 Å². The zero-order valence-corrected chi connectivity index (χ0v) is 17.9. The predicted octanol–water partition coefficient (Wildman–Crippen LogP) is 2.26. The number of nitrogens with zero attached hydrogens (tertiary/aromatic N) is 4. The van der Waals surface area contributed by atoms with Crippen LogP contribution in [-0.2, 0) is 24.9 Å². The van der Waals surface area contributed by atoms with Crippen molar-refractivity contribution in [1.82, 2.24) is 19.0 Å². The second-order valence-corrected chi connectivity index (χ2v) is 8.10. The third kappa shape index (κ3) is 4.45. The molecule has 1 fully saturated rings. The first-order valence-electron chi connectivity index (χ1n) is 10.5. The minimum Gasteiger partial charge on any atom is -0.383 e. The molecule has 0 saturated carbocycles. The van der Waals surface area contributed by atoms with Crippen molar-refractivity contribution in [2.24, 2.45) is 7.05 Å². The van der Waals surface area contributed by atoms with Crippen LogP contribution >= 0.6 is 0 Å². The molecule has 0 aliphatic carbocycles. The minimum atomic E-state index is -0.388. The van der Waals surface area contributed by atoms with Crippen molar-refractivity contribution in [3.63, 3.8) is 0 Å². The van der Waals surface area contributed by atoms with Gasteiger partial charge in [0.15, 0.2) is 0 Å². The first-order valence-corrected chi connectivity index (χ1v) is 10.5. The largest absolute Gasteiger partial charge is 0.383 e. The highest BCUT2D eigenvalue weighted by molar-refractivity contribution is 5.74. The average molecular weight is 426 g/mol. The lowest BCUT2D eigenvalue weighted by molar-refractivity contribution is 0.186. The molecule has 8 heteroatoms. The van der Waals surface area contributed by atoms with E-state index in [-0.39, 0.29) is 23.0 Å². The molecule has 7 nitrogen and oxygen atoms in total. The molecule has 3 heterocycles. The average Bonchev–Trinajstić information content (AvgIpc) is 2.79. The summed E-state index contributed by atoms with van der Waals surface area (Å²) < 4.78 is 21.0. The van der Waals surface area contributed by atoms with Gasteiger partial charge in [0, 0.05) is 38.9 Å². The Morgan fingerprint density at radius 3 is 2.68 bits per heavy atom.